The Morgan fingerprint density at radius 3 is 2.50 bits per heavy atom. The number of rotatable bonds is 7. The Balaban J connectivity index is 1.85. The summed E-state index contributed by atoms with van der Waals surface area (Å²) >= 11 is 6.17. The van der Waals surface area contributed by atoms with Crippen molar-refractivity contribution >= 4 is 43.8 Å². The minimum Gasteiger partial charge on any atom is -0.497 e. The van der Waals surface area contributed by atoms with Crippen molar-refractivity contribution in [2.75, 3.05) is 18.7 Å². The largest absolute Gasteiger partial charge is 0.497 e. The van der Waals surface area contributed by atoms with Crippen molar-refractivity contribution in [1.82, 2.24) is 4.98 Å². The predicted octanol–water partition coefficient (Wildman–Crippen LogP) is 5.89. The molecule has 0 saturated heterocycles. The Kier molecular flexibility index (Phi) is 6.43. The summed E-state index contributed by atoms with van der Waals surface area (Å²) in [6.45, 7) is 3.88. The monoisotopic (exact) mass is 496 g/mol. The first-order chi connectivity index (χ1) is 16.1. The molecule has 0 bridgehead atoms. The molecule has 176 valence electrons. The molecule has 1 heterocycles. The van der Waals surface area contributed by atoms with Crippen molar-refractivity contribution in [3.63, 3.8) is 0 Å². The molecule has 6 nitrogen and oxygen atoms in total. The number of ketones is 1. The number of hydrogen-bond donors (Lipinski definition) is 2. The zero-order valence-electron chi connectivity index (χ0n) is 19.3. The lowest BCUT2D eigenvalue weighted by Crippen LogP contribution is -2.22. The van der Waals surface area contributed by atoms with Gasteiger partial charge in [0, 0.05) is 45.7 Å². The highest BCUT2D eigenvalue weighted by atomic mass is 35.5. The maximum Gasteiger partial charge on any atom is 0.191 e. The summed E-state index contributed by atoms with van der Waals surface area (Å²) in [6, 6.07) is 15.0. The number of anilines is 1. The van der Waals surface area contributed by atoms with E-state index >= 15 is 0 Å². The second kappa shape index (κ2) is 9.16. The summed E-state index contributed by atoms with van der Waals surface area (Å²) in [7, 11) is -2.03. The Morgan fingerprint density at radius 2 is 1.82 bits per heavy atom. The summed E-state index contributed by atoms with van der Waals surface area (Å²) in [5.74, 6) is 0.205. The van der Waals surface area contributed by atoms with E-state index in [4.69, 9.17) is 16.3 Å². The Morgan fingerprint density at radius 1 is 1.06 bits per heavy atom. The summed E-state index contributed by atoms with van der Waals surface area (Å²) in [4.78, 5) is 17.2. The van der Waals surface area contributed by atoms with Crippen LogP contribution in [0.15, 0.2) is 65.7 Å². The van der Waals surface area contributed by atoms with Gasteiger partial charge in [0.25, 0.3) is 0 Å². The van der Waals surface area contributed by atoms with Gasteiger partial charge in [0.2, 0.25) is 0 Å². The number of nitrogens with one attached hydrogen (secondary N) is 2. The molecule has 1 unspecified atom stereocenters. The van der Waals surface area contributed by atoms with Gasteiger partial charge >= 0.3 is 0 Å². The third-order valence-corrected chi connectivity index (χ3v) is 7.09. The minimum absolute atomic E-state index is 0.0935. The van der Waals surface area contributed by atoms with Crippen LogP contribution in [0.4, 0.5) is 5.69 Å². The van der Waals surface area contributed by atoms with E-state index in [1.54, 1.807) is 24.4 Å². The van der Waals surface area contributed by atoms with Gasteiger partial charge in [0.1, 0.15) is 11.8 Å². The van der Waals surface area contributed by atoms with Crippen LogP contribution in [0.5, 0.6) is 5.75 Å². The molecule has 4 aromatic rings. The van der Waals surface area contributed by atoms with Crippen molar-refractivity contribution in [2.45, 2.75) is 24.8 Å². The number of aryl methyl sites for hydroxylation is 2. The number of carbonyl (C=O) groups is 1. The van der Waals surface area contributed by atoms with Gasteiger partial charge in [-0.3, -0.25) is 4.79 Å². The molecule has 8 heteroatoms. The predicted molar refractivity (Wildman–Crippen MR) is 136 cm³/mol. The molecule has 0 radical (unpaired) electrons. The van der Waals surface area contributed by atoms with E-state index in [0.717, 1.165) is 33.8 Å². The molecule has 0 saturated carbocycles. The van der Waals surface area contributed by atoms with Gasteiger partial charge in [-0.05, 0) is 60.9 Å². The Labute approximate surface area is 203 Å². The van der Waals surface area contributed by atoms with Crippen molar-refractivity contribution in [1.29, 1.82) is 0 Å². The maximum absolute atomic E-state index is 13.9. The van der Waals surface area contributed by atoms with Gasteiger partial charge in [-0.15, -0.1) is 0 Å². The van der Waals surface area contributed by atoms with Crippen molar-refractivity contribution in [3.05, 3.63) is 88.1 Å². The van der Waals surface area contributed by atoms with Gasteiger partial charge in [-0.2, -0.15) is 0 Å². The fourth-order valence-electron chi connectivity index (χ4n) is 4.00. The van der Waals surface area contributed by atoms with Crippen LogP contribution in [-0.4, -0.2) is 32.6 Å². The molecular formula is C26H25ClN2O4S. The molecule has 0 aliphatic carbocycles. The fourth-order valence-corrected chi connectivity index (χ4v) is 4.90. The first-order valence-corrected chi connectivity index (χ1v) is 12.9. The molecule has 0 amide bonds. The van der Waals surface area contributed by atoms with Crippen LogP contribution < -0.4 is 10.1 Å². The number of aromatic nitrogens is 1. The second-order valence-electron chi connectivity index (χ2n) is 8.36. The Hall–Kier alpha value is -3.29. The number of sulfone groups is 1. The molecule has 34 heavy (non-hydrogen) atoms. The quantitative estimate of drug-likeness (QED) is 0.311. The highest BCUT2D eigenvalue weighted by Gasteiger charge is 2.26. The maximum atomic E-state index is 13.9. The Bertz CT molecular complexity index is 1510. The number of ether oxygens (including phenoxy) is 1. The van der Waals surface area contributed by atoms with Crippen LogP contribution in [0.1, 0.15) is 33.1 Å². The smallest absolute Gasteiger partial charge is 0.191 e. The average molecular weight is 497 g/mol. The third-order valence-electron chi connectivity index (χ3n) is 5.76. The molecule has 0 fully saturated rings. The highest BCUT2D eigenvalue weighted by Crippen LogP contribution is 2.33. The SMILES string of the molecule is COc1cc(NC(C(=O)c2c[nH]c3cc(C)ccc23)c2ccc(Cl)cc2C)cc(S(C)(=O)=O)c1. The highest BCUT2D eigenvalue weighted by molar-refractivity contribution is 7.90. The minimum atomic E-state index is -3.50. The molecule has 1 atom stereocenters. The van der Waals surface area contributed by atoms with Crippen molar-refractivity contribution < 1.29 is 17.9 Å². The zero-order chi connectivity index (χ0) is 24.6. The summed E-state index contributed by atoms with van der Waals surface area (Å²) in [6.07, 6.45) is 2.84. The van der Waals surface area contributed by atoms with Gasteiger partial charge in [-0.1, -0.05) is 29.8 Å². The fraction of sp³-hybridized carbons (Fsp3) is 0.192. The summed E-state index contributed by atoms with van der Waals surface area (Å²) in [5.41, 5.74) is 4.51. The van der Waals surface area contributed by atoms with E-state index in [2.05, 4.69) is 10.3 Å². The standard InChI is InChI=1S/C26H25ClN2O4S/c1-15-5-7-22-23(14-28-24(22)9-15)26(30)25(21-8-6-17(27)10-16(21)2)29-18-11-19(33-3)13-20(12-18)34(4,31)32/h5-14,25,28-29H,1-4H3. The number of aromatic amines is 1. The second-order valence-corrected chi connectivity index (χ2v) is 10.8. The topological polar surface area (TPSA) is 88.3 Å². The van der Waals surface area contributed by atoms with E-state index in [1.165, 1.54) is 19.2 Å². The van der Waals surface area contributed by atoms with E-state index in [1.807, 2.05) is 38.1 Å². The van der Waals surface area contributed by atoms with Gasteiger partial charge in [-0.25, -0.2) is 8.42 Å². The van der Waals surface area contributed by atoms with Crippen LogP contribution in [-0.2, 0) is 9.84 Å². The van der Waals surface area contributed by atoms with E-state index in [-0.39, 0.29) is 10.7 Å². The number of hydrogen-bond acceptors (Lipinski definition) is 5. The number of methoxy groups -OCH3 is 1. The average Bonchev–Trinajstić information content (AvgIpc) is 3.19. The van der Waals surface area contributed by atoms with Crippen LogP contribution in [0, 0.1) is 13.8 Å². The van der Waals surface area contributed by atoms with E-state index in [9.17, 15) is 13.2 Å². The zero-order valence-corrected chi connectivity index (χ0v) is 20.8. The number of Topliss-reactive ketones (excluding diaryl/α,β-unsaturated/α-hetero) is 1. The number of fused-ring (bicyclic) bond motifs is 1. The lowest BCUT2D eigenvalue weighted by molar-refractivity contribution is 0.0971. The molecule has 0 aliphatic heterocycles. The third kappa shape index (κ3) is 4.81. The lowest BCUT2D eigenvalue weighted by Gasteiger charge is -2.22. The van der Waals surface area contributed by atoms with E-state index < -0.39 is 15.9 Å². The van der Waals surface area contributed by atoms with Crippen molar-refractivity contribution in [2.24, 2.45) is 0 Å². The number of benzene rings is 3. The van der Waals surface area contributed by atoms with Crippen LogP contribution in [0.3, 0.4) is 0 Å². The molecule has 3 aromatic carbocycles. The normalized spacial score (nSPS) is 12.5. The van der Waals surface area contributed by atoms with Crippen LogP contribution in [0.2, 0.25) is 5.02 Å². The van der Waals surface area contributed by atoms with Gasteiger partial charge in [0.15, 0.2) is 15.6 Å². The van der Waals surface area contributed by atoms with Gasteiger partial charge < -0.3 is 15.0 Å². The van der Waals surface area contributed by atoms with Crippen LogP contribution in [0.25, 0.3) is 10.9 Å². The van der Waals surface area contributed by atoms with E-state index in [0.29, 0.717) is 22.0 Å². The number of carbonyl (C=O) groups excluding carboxylic acids is 1. The first kappa shape index (κ1) is 23.9. The van der Waals surface area contributed by atoms with Gasteiger partial charge in [0.05, 0.1) is 12.0 Å². The molecular weight excluding hydrogens is 472 g/mol. The first-order valence-electron chi connectivity index (χ1n) is 10.6. The molecule has 0 spiro atoms. The summed E-state index contributed by atoms with van der Waals surface area (Å²) < 4.78 is 29.8. The van der Waals surface area contributed by atoms with Crippen LogP contribution >= 0.6 is 11.6 Å². The molecule has 0 aliphatic rings. The molecule has 1 aromatic heterocycles. The molecule has 4 rings (SSSR count). The van der Waals surface area contributed by atoms with Crippen molar-refractivity contribution in [3.8, 4) is 5.75 Å². The number of halogens is 1. The molecule has 2 N–H and O–H groups in total. The lowest BCUT2D eigenvalue weighted by atomic mass is 9.93. The number of H-pyrrole nitrogens is 1. The summed E-state index contributed by atoms with van der Waals surface area (Å²) in [5, 5.41) is 4.64.